The molecule has 3 rings (SSSR count). The van der Waals surface area contributed by atoms with E-state index in [9.17, 15) is 9.18 Å². The Morgan fingerprint density at radius 1 is 1.08 bits per heavy atom. The molecule has 7 heteroatoms. The monoisotopic (exact) mass is 389 g/mol. The Morgan fingerprint density at radius 2 is 1.73 bits per heavy atom. The van der Waals surface area contributed by atoms with Gasteiger partial charge in [0, 0.05) is 15.9 Å². The number of hydrogen-bond acceptors (Lipinski definition) is 5. The summed E-state index contributed by atoms with van der Waals surface area (Å²) in [5.41, 5.74) is 2.21. The van der Waals surface area contributed by atoms with Gasteiger partial charge in [0.15, 0.2) is 5.13 Å². The molecule has 0 radical (unpaired) electrons. The summed E-state index contributed by atoms with van der Waals surface area (Å²) >= 11 is 2.82. The van der Waals surface area contributed by atoms with Crippen LogP contribution in [0.2, 0.25) is 0 Å². The molecule has 2 heterocycles. The molecule has 0 unspecified atom stereocenters. The van der Waals surface area contributed by atoms with Gasteiger partial charge in [0.1, 0.15) is 10.7 Å². The summed E-state index contributed by atoms with van der Waals surface area (Å²) in [5, 5.41) is 4.33. The van der Waals surface area contributed by atoms with E-state index in [-0.39, 0.29) is 17.1 Å². The lowest BCUT2D eigenvalue weighted by atomic mass is 9.98. The van der Waals surface area contributed by atoms with Crippen LogP contribution in [0, 0.1) is 19.7 Å². The summed E-state index contributed by atoms with van der Waals surface area (Å²) in [6.45, 7) is 10.0. The Bertz CT molecular complexity index is 952. The fourth-order valence-electron chi connectivity index (χ4n) is 2.41. The standard InChI is InChI=1S/C19H20FN3OS2/c1-10-15(26-17(21-10)19(3,4)5)16(24)23-18-22-14(11(2)25-18)12-6-8-13(20)9-7-12/h6-9H,1-5H3,(H,22,23,24). The van der Waals surface area contributed by atoms with Gasteiger partial charge in [0.05, 0.1) is 16.4 Å². The van der Waals surface area contributed by atoms with Gasteiger partial charge in [-0.3, -0.25) is 10.1 Å². The molecule has 0 spiro atoms. The summed E-state index contributed by atoms with van der Waals surface area (Å²) < 4.78 is 13.1. The third-order valence-electron chi connectivity index (χ3n) is 3.78. The number of hydrogen-bond donors (Lipinski definition) is 1. The molecule has 1 amide bonds. The molecule has 0 atom stereocenters. The van der Waals surface area contributed by atoms with Crippen LogP contribution in [0.25, 0.3) is 11.3 Å². The zero-order valence-electron chi connectivity index (χ0n) is 15.3. The van der Waals surface area contributed by atoms with E-state index in [0.29, 0.717) is 10.0 Å². The van der Waals surface area contributed by atoms with Gasteiger partial charge in [-0.25, -0.2) is 14.4 Å². The normalized spacial score (nSPS) is 11.6. The molecule has 0 aliphatic heterocycles. The molecule has 3 aromatic rings. The number of aromatic nitrogens is 2. The Labute approximate surface area is 160 Å². The van der Waals surface area contributed by atoms with Crippen LogP contribution >= 0.6 is 22.7 Å². The molecule has 0 saturated carbocycles. The van der Waals surface area contributed by atoms with Crippen molar-refractivity contribution in [1.29, 1.82) is 0 Å². The van der Waals surface area contributed by atoms with Crippen molar-refractivity contribution in [3.05, 3.63) is 50.5 Å². The molecule has 0 saturated heterocycles. The van der Waals surface area contributed by atoms with Crippen LogP contribution in [0.4, 0.5) is 9.52 Å². The van der Waals surface area contributed by atoms with E-state index in [2.05, 4.69) is 36.1 Å². The second-order valence-corrected chi connectivity index (χ2v) is 9.27. The van der Waals surface area contributed by atoms with E-state index in [1.165, 1.54) is 34.8 Å². The average Bonchev–Trinajstić information content (AvgIpc) is 3.11. The van der Waals surface area contributed by atoms with E-state index in [1.807, 2.05) is 13.8 Å². The van der Waals surface area contributed by atoms with Crippen LogP contribution < -0.4 is 5.32 Å². The molecular weight excluding hydrogens is 369 g/mol. The third-order valence-corrected chi connectivity index (χ3v) is 6.25. The lowest BCUT2D eigenvalue weighted by Gasteiger charge is -2.13. The number of thiazole rings is 2. The number of carbonyl (C=O) groups excluding carboxylic acids is 1. The van der Waals surface area contributed by atoms with E-state index in [4.69, 9.17) is 0 Å². The largest absolute Gasteiger partial charge is 0.297 e. The molecule has 0 aliphatic rings. The van der Waals surface area contributed by atoms with Crippen LogP contribution in [0.5, 0.6) is 0 Å². The summed E-state index contributed by atoms with van der Waals surface area (Å²) in [6, 6.07) is 6.18. The Kier molecular flexibility index (Phi) is 4.94. The predicted molar refractivity (Wildman–Crippen MR) is 106 cm³/mol. The molecule has 0 aliphatic carbocycles. The second kappa shape index (κ2) is 6.89. The third kappa shape index (κ3) is 3.83. The van der Waals surface area contributed by atoms with Crippen LogP contribution in [0.1, 0.15) is 46.0 Å². The van der Waals surface area contributed by atoms with Gasteiger partial charge in [-0.05, 0) is 38.1 Å². The van der Waals surface area contributed by atoms with Crippen molar-refractivity contribution in [3.63, 3.8) is 0 Å². The number of halogens is 1. The van der Waals surface area contributed by atoms with Gasteiger partial charge >= 0.3 is 0 Å². The van der Waals surface area contributed by atoms with Crippen molar-refractivity contribution in [1.82, 2.24) is 9.97 Å². The molecule has 2 aromatic heterocycles. The number of nitrogens with one attached hydrogen (secondary N) is 1. The van der Waals surface area contributed by atoms with Crippen molar-refractivity contribution < 1.29 is 9.18 Å². The predicted octanol–water partition coefficient (Wildman–Crippen LogP) is 5.57. The van der Waals surface area contributed by atoms with Crippen LogP contribution in [0.3, 0.4) is 0 Å². The van der Waals surface area contributed by atoms with E-state index in [1.54, 1.807) is 12.1 Å². The minimum atomic E-state index is -0.287. The first-order valence-electron chi connectivity index (χ1n) is 8.18. The fourth-order valence-corrected chi connectivity index (χ4v) is 4.26. The molecule has 4 nitrogen and oxygen atoms in total. The van der Waals surface area contributed by atoms with Crippen molar-refractivity contribution in [3.8, 4) is 11.3 Å². The number of rotatable bonds is 3. The zero-order chi connectivity index (χ0) is 19.1. The number of anilines is 1. The van der Waals surface area contributed by atoms with E-state index >= 15 is 0 Å². The maximum atomic E-state index is 13.1. The molecule has 136 valence electrons. The average molecular weight is 390 g/mol. The Hall–Kier alpha value is -2.12. The maximum Gasteiger partial charge on any atom is 0.269 e. The topological polar surface area (TPSA) is 54.9 Å². The van der Waals surface area contributed by atoms with Crippen molar-refractivity contribution in [2.75, 3.05) is 5.32 Å². The number of amides is 1. The molecule has 26 heavy (non-hydrogen) atoms. The summed E-state index contributed by atoms with van der Waals surface area (Å²) in [5.74, 6) is -0.486. The van der Waals surface area contributed by atoms with E-state index in [0.717, 1.165) is 26.8 Å². The number of nitrogens with zero attached hydrogens (tertiary/aromatic N) is 2. The van der Waals surface area contributed by atoms with Gasteiger partial charge in [0.2, 0.25) is 0 Å². The van der Waals surface area contributed by atoms with E-state index < -0.39 is 0 Å². The molecule has 0 bridgehead atoms. The van der Waals surface area contributed by atoms with Gasteiger partial charge < -0.3 is 0 Å². The number of carbonyl (C=O) groups is 1. The van der Waals surface area contributed by atoms with Crippen LogP contribution in [0.15, 0.2) is 24.3 Å². The minimum absolute atomic E-state index is 0.0958. The minimum Gasteiger partial charge on any atom is -0.297 e. The molecule has 1 N–H and O–H groups in total. The zero-order valence-corrected chi connectivity index (χ0v) is 16.9. The van der Waals surface area contributed by atoms with Crippen molar-refractivity contribution in [2.45, 2.75) is 40.0 Å². The number of benzene rings is 1. The SMILES string of the molecule is Cc1nc(C(C)(C)C)sc1C(=O)Nc1nc(-c2ccc(F)cc2)c(C)s1. The summed E-state index contributed by atoms with van der Waals surface area (Å²) in [7, 11) is 0. The van der Waals surface area contributed by atoms with Crippen LogP contribution in [-0.4, -0.2) is 15.9 Å². The maximum absolute atomic E-state index is 13.1. The lowest BCUT2D eigenvalue weighted by molar-refractivity contribution is 0.103. The lowest BCUT2D eigenvalue weighted by Crippen LogP contribution is -2.11. The second-order valence-electron chi connectivity index (χ2n) is 7.07. The van der Waals surface area contributed by atoms with Gasteiger partial charge in [0.25, 0.3) is 5.91 Å². The van der Waals surface area contributed by atoms with Crippen molar-refractivity contribution >= 4 is 33.7 Å². The Morgan fingerprint density at radius 3 is 2.31 bits per heavy atom. The number of aryl methyl sites for hydroxylation is 2. The molecular formula is C19H20FN3OS2. The van der Waals surface area contributed by atoms with Crippen molar-refractivity contribution in [2.24, 2.45) is 0 Å². The van der Waals surface area contributed by atoms with Gasteiger partial charge in [-0.15, -0.1) is 22.7 Å². The summed E-state index contributed by atoms with van der Waals surface area (Å²) in [6.07, 6.45) is 0. The first kappa shape index (κ1) is 18.7. The quantitative estimate of drug-likeness (QED) is 0.637. The first-order chi connectivity index (χ1) is 12.1. The molecule has 0 fully saturated rings. The van der Waals surface area contributed by atoms with Gasteiger partial charge in [-0.2, -0.15) is 0 Å². The van der Waals surface area contributed by atoms with Crippen LogP contribution in [-0.2, 0) is 5.41 Å². The Balaban J connectivity index is 1.84. The van der Waals surface area contributed by atoms with Gasteiger partial charge in [-0.1, -0.05) is 20.8 Å². The fraction of sp³-hybridized carbons (Fsp3) is 0.316. The molecule has 1 aromatic carbocycles. The smallest absolute Gasteiger partial charge is 0.269 e. The highest BCUT2D eigenvalue weighted by Crippen LogP contribution is 2.32. The first-order valence-corrected chi connectivity index (χ1v) is 9.81. The highest BCUT2D eigenvalue weighted by Gasteiger charge is 2.23. The highest BCUT2D eigenvalue weighted by molar-refractivity contribution is 7.16. The highest BCUT2D eigenvalue weighted by atomic mass is 32.1. The summed E-state index contributed by atoms with van der Waals surface area (Å²) in [4.78, 5) is 23.3.